The Hall–Kier alpha value is -3.63. The summed E-state index contributed by atoms with van der Waals surface area (Å²) in [6, 6.07) is 13.2. The van der Waals surface area contributed by atoms with Gasteiger partial charge < -0.3 is 4.52 Å². The van der Waals surface area contributed by atoms with E-state index in [0.29, 0.717) is 39.7 Å². The van der Waals surface area contributed by atoms with Crippen LogP contribution in [0.25, 0.3) is 16.9 Å². The third kappa shape index (κ3) is 4.23. The van der Waals surface area contributed by atoms with Crippen molar-refractivity contribution >= 4 is 10.0 Å². The largest absolute Gasteiger partial charge is 0.359 e. The van der Waals surface area contributed by atoms with E-state index in [1.807, 2.05) is 0 Å². The lowest BCUT2D eigenvalue weighted by Crippen LogP contribution is -2.24. The van der Waals surface area contributed by atoms with E-state index in [2.05, 4.69) is 20.0 Å². The van der Waals surface area contributed by atoms with Crippen molar-refractivity contribution in [3.05, 3.63) is 87.8 Å². The van der Waals surface area contributed by atoms with Gasteiger partial charge in [-0.3, -0.25) is 9.78 Å². The molecule has 0 spiro atoms. The molecule has 1 aromatic carbocycles. The van der Waals surface area contributed by atoms with E-state index >= 15 is 0 Å². The second-order valence-electron chi connectivity index (χ2n) is 7.27. The van der Waals surface area contributed by atoms with Crippen LogP contribution in [-0.2, 0) is 16.6 Å². The first-order valence-corrected chi connectivity index (χ1v) is 11.3. The molecule has 3 aromatic heterocycles. The summed E-state index contributed by atoms with van der Waals surface area (Å²) in [5, 5.41) is 8.30. The highest BCUT2D eigenvalue weighted by atomic mass is 32.2. The molecule has 0 radical (unpaired) electrons. The van der Waals surface area contributed by atoms with E-state index in [1.54, 1.807) is 69.4 Å². The van der Waals surface area contributed by atoms with Gasteiger partial charge in [0.2, 0.25) is 10.0 Å². The molecule has 3 heterocycles. The van der Waals surface area contributed by atoms with Crippen LogP contribution in [0.3, 0.4) is 0 Å². The molecule has 0 amide bonds. The molecule has 32 heavy (non-hydrogen) atoms. The molecule has 0 aliphatic heterocycles. The molecule has 0 aliphatic carbocycles. The molecule has 0 saturated heterocycles. The Morgan fingerprint density at radius 1 is 1.06 bits per heavy atom. The Labute approximate surface area is 184 Å². The second kappa shape index (κ2) is 8.48. The van der Waals surface area contributed by atoms with Crippen LogP contribution in [0.2, 0.25) is 0 Å². The SMILES string of the molecule is Cc1ccc(-c2ccc(=O)n(-c3c(C)noc3C)n2)cc1S(=O)(=O)NCc1ccccn1. The molecule has 0 bridgehead atoms. The highest BCUT2D eigenvalue weighted by Gasteiger charge is 2.19. The normalized spacial score (nSPS) is 11.6. The van der Waals surface area contributed by atoms with Crippen LogP contribution in [-0.4, -0.2) is 28.3 Å². The molecule has 0 saturated carbocycles. The van der Waals surface area contributed by atoms with E-state index in [9.17, 15) is 13.2 Å². The summed E-state index contributed by atoms with van der Waals surface area (Å²) >= 11 is 0. The molecule has 0 unspecified atom stereocenters. The van der Waals surface area contributed by atoms with Gasteiger partial charge >= 0.3 is 0 Å². The molecule has 10 heteroatoms. The minimum absolute atomic E-state index is 0.0714. The van der Waals surface area contributed by atoms with Crippen molar-refractivity contribution in [2.75, 3.05) is 0 Å². The van der Waals surface area contributed by atoms with Gasteiger partial charge in [0.25, 0.3) is 5.56 Å². The number of hydrogen-bond acceptors (Lipinski definition) is 7. The van der Waals surface area contributed by atoms with Crippen LogP contribution < -0.4 is 10.3 Å². The number of pyridine rings is 1. The van der Waals surface area contributed by atoms with E-state index in [4.69, 9.17) is 4.52 Å². The van der Waals surface area contributed by atoms with Gasteiger partial charge in [0.05, 0.1) is 22.8 Å². The van der Waals surface area contributed by atoms with Crippen molar-refractivity contribution in [2.24, 2.45) is 0 Å². The summed E-state index contributed by atoms with van der Waals surface area (Å²) in [6.45, 7) is 5.20. The Morgan fingerprint density at radius 3 is 2.56 bits per heavy atom. The third-order valence-electron chi connectivity index (χ3n) is 4.95. The van der Waals surface area contributed by atoms with Gasteiger partial charge in [-0.05, 0) is 50.6 Å². The zero-order valence-electron chi connectivity index (χ0n) is 17.7. The van der Waals surface area contributed by atoms with Gasteiger partial charge in [-0.25, -0.2) is 13.1 Å². The van der Waals surface area contributed by atoms with Crippen LogP contribution >= 0.6 is 0 Å². The molecule has 4 aromatic rings. The summed E-state index contributed by atoms with van der Waals surface area (Å²) in [4.78, 5) is 16.7. The zero-order valence-corrected chi connectivity index (χ0v) is 18.5. The van der Waals surface area contributed by atoms with Gasteiger partial charge in [0.15, 0.2) is 5.76 Å². The van der Waals surface area contributed by atoms with Crippen molar-refractivity contribution in [3.63, 3.8) is 0 Å². The highest BCUT2D eigenvalue weighted by molar-refractivity contribution is 7.89. The maximum Gasteiger partial charge on any atom is 0.271 e. The van der Waals surface area contributed by atoms with Crippen molar-refractivity contribution < 1.29 is 12.9 Å². The lowest BCUT2D eigenvalue weighted by atomic mass is 10.1. The summed E-state index contributed by atoms with van der Waals surface area (Å²) in [6.07, 6.45) is 1.61. The van der Waals surface area contributed by atoms with Crippen molar-refractivity contribution in [1.29, 1.82) is 0 Å². The first-order valence-electron chi connectivity index (χ1n) is 9.80. The van der Waals surface area contributed by atoms with Crippen LogP contribution in [0.1, 0.15) is 22.7 Å². The Balaban J connectivity index is 1.72. The number of benzene rings is 1. The number of sulfonamides is 1. The maximum atomic E-state index is 13.0. The number of rotatable bonds is 6. The number of aryl methyl sites for hydroxylation is 3. The predicted molar refractivity (Wildman–Crippen MR) is 118 cm³/mol. The number of aromatic nitrogens is 4. The predicted octanol–water partition coefficient (Wildman–Crippen LogP) is 2.69. The quantitative estimate of drug-likeness (QED) is 0.478. The standard InChI is InChI=1S/C22H21N5O4S/c1-14-7-8-17(12-20(14)32(29,30)24-13-18-6-4-5-11-23-18)19-9-10-21(28)27(25-19)22-15(2)26-31-16(22)3/h4-12,24H,13H2,1-3H3. The number of hydrogen-bond donors (Lipinski definition) is 1. The minimum atomic E-state index is -3.81. The lowest BCUT2D eigenvalue weighted by molar-refractivity contribution is 0.392. The molecule has 0 fully saturated rings. The van der Waals surface area contributed by atoms with Gasteiger partial charge in [-0.2, -0.15) is 9.78 Å². The van der Waals surface area contributed by atoms with Gasteiger partial charge in [0.1, 0.15) is 11.4 Å². The van der Waals surface area contributed by atoms with E-state index in [-0.39, 0.29) is 17.0 Å². The summed E-state index contributed by atoms with van der Waals surface area (Å²) in [5.41, 5.74) is 2.83. The fourth-order valence-corrected chi connectivity index (χ4v) is 4.57. The molecular formula is C22H21N5O4S. The summed E-state index contributed by atoms with van der Waals surface area (Å²) in [5.74, 6) is 0.458. The van der Waals surface area contributed by atoms with E-state index < -0.39 is 10.0 Å². The van der Waals surface area contributed by atoms with Crippen molar-refractivity contribution in [1.82, 2.24) is 24.6 Å². The monoisotopic (exact) mass is 451 g/mol. The highest BCUT2D eigenvalue weighted by Crippen LogP contribution is 2.24. The third-order valence-corrected chi connectivity index (χ3v) is 6.49. The minimum Gasteiger partial charge on any atom is -0.359 e. The van der Waals surface area contributed by atoms with Crippen molar-refractivity contribution in [2.45, 2.75) is 32.2 Å². The fourth-order valence-electron chi connectivity index (χ4n) is 3.30. The average Bonchev–Trinajstić information content (AvgIpc) is 3.12. The first kappa shape index (κ1) is 21.6. The molecule has 0 aliphatic rings. The van der Waals surface area contributed by atoms with Crippen LogP contribution in [0, 0.1) is 20.8 Å². The van der Waals surface area contributed by atoms with Gasteiger partial charge in [0, 0.05) is 17.8 Å². The average molecular weight is 452 g/mol. The van der Waals surface area contributed by atoms with Crippen LogP contribution in [0.15, 0.2) is 68.9 Å². The zero-order chi connectivity index (χ0) is 22.9. The Morgan fingerprint density at radius 2 is 1.88 bits per heavy atom. The lowest BCUT2D eigenvalue weighted by Gasteiger charge is -2.12. The van der Waals surface area contributed by atoms with Crippen LogP contribution in [0.4, 0.5) is 0 Å². The molecule has 0 atom stereocenters. The first-order chi connectivity index (χ1) is 15.3. The van der Waals surface area contributed by atoms with E-state index in [1.165, 1.54) is 10.7 Å². The molecule has 4 rings (SSSR count). The smallest absolute Gasteiger partial charge is 0.271 e. The summed E-state index contributed by atoms with van der Waals surface area (Å²) in [7, 11) is -3.81. The number of nitrogens with zero attached hydrogens (tertiary/aromatic N) is 4. The topological polar surface area (TPSA) is 120 Å². The van der Waals surface area contributed by atoms with Gasteiger partial charge in [-0.1, -0.05) is 23.4 Å². The fraction of sp³-hybridized carbons (Fsp3) is 0.182. The molecule has 1 N–H and O–H groups in total. The second-order valence-corrected chi connectivity index (χ2v) is 9.00. The Bertz CT molecular complexity index is 1420. The summed E-state index contributed by atoms with van der Waals surface area (Å²) < 4.78 is 34.9. The molecular weight excluding hydrogens is 430 g/mol. The van der Waals surface area contributed by atoms with Crippen molar-refractivity contribution in [3.8, 4) is 16.9 Å². The maximum absolute atomic E-state index is 13.0. The molecule has 9 nitrogen and oxygen atoms in total. The number of nitrogens with one attached hydrogen (secondary N) is 1. The Kier molecular flexibility index (Phi) is 5.72. The van der Waals surface area contributed by atoms with Crippen LogP contribution in [0.5, 0.6) is 0 Å². The van der Waals surface area contributed by atoms with Gasteiger partial charge in [-0.15, -0.1) is 0 Å². The van der Waals surface area contributed by atoms with E-state index in [0.717, 1.165) is 0 Å². The molecule has 164 valence electrons.